The Kier molecular flexibility index (Phi) is 4.87. The van der Waals surface area contributed by atoms with Crippen LogP contribution in [0, 0.1) is 0 Å². The lowest BCUT2D eigenvalue weighted by Crippen LogP contribution is -2.10. The Bertz CT molecular complexity index is 724. The summed E-state index contributed by atoms with van der Waals surface area (Å²) >= 11 is 0. The Balaban J connectivity index is 2.21. The van der Waals surface area contributed by atoms with Gasteiger partial charge in [-0.25, -0.2) is 9.59 Å². The number of aliphatic carboxylic acids is 1. The first kappa shape index (κ1) is 15.2. The topological polar surface area (TPSA) is 96.2 Å². The van der Waals surface area contributed by atoms with Crippen LogP contribution in [0.3, 0.4) is 0 Å². The number of ether oxygens (including phenoxy) is 1. The third-order valence-electron chi connectivity index (χ3n) is 2.72. The molecule has 0 saturated carbocycles. The van der Waals surface area contributed by atoms with Crippen LogP contribution >= 0.6 is 0 Å². The van der Waals surface area contributed by atoms with Crippen molar-refractivity contribution in [3.8, 4) is 5.75 Å². The fourth-order valence-corrected chi connectivity index (χ4v) is 1.72. The zero-order valence-electron chi connectivity index (χ0n) is 11.5. The Labute approximate surface area is 126 Å². The van der Waals surface area contributed by atoms with Crippen molar-refractivity contribution in [2.75, 3.05) is 6.61 Å². The second kappa shape index (κ2) is 7.03. The Hall–Kier alpha value is -3.15. The summed E-state index contributed by atoms with van der Waals surface area (Å²) in [6, 6.07) is 13.0. The first-order valence-electron chi connectivity index (χ1n) is 6.37. The highest BCUT2D eigenvalue weighted by Gasteiger charge is 2.04. The molecular weight excluding hydrogens is 286 g/mol. The monoisotopic (exact) mass is 299 g/mol. The summed E-state index contributed by atoms with van der Waals surface area (Å²) in [7, 11) is 0. The van der Waals surface area contributed by atoms with Gasteiger partial charge in [0.05, 0.1) is 11.3 Å². The summed E-state index contributed by atoms with van der Waals surface area (Å²) in [5, 5.41) is 17.6. The third kappa shape index (κ3) is 4.17. The number of carboxylic acid groups (broad SMARTS) is 2. The van der Waals surface area contributed by atoms with Gasteiger partial charge >= 0.3 is 11.9 Å². The van der Waals surface area contributed by atoms with E-state index in [0.717, 1.165) is 0 Å². The summed E-state index contributed by atoms with van der Waals surface area (Å²) in [4.78, 5) is 25.6. The lowest BCUT2D eigenvalue weighted by molar-refractivity contribution is -0.139. The molecule has 0 radical (unpaired) electrons. The minimum Gasteiger partial charge on any atom is -0.481 e. The van der Waals surface area contributed by atoms with E-state index in [1.165, 1.54) is 18.3 Å². The van der Waals surface area contributed by atoms with Gasteiger partial charge in [0.1, 0.15) is 5.75 Å². The number of aromatic carboxylic acids is 1. The molecule has 0 spiro atoms. The van der Waals surface area contributed by atoms with Crippen LogP contribution < -0.4 is 4.74 Å². The van der Waals surface area contributed by atoms with Gasteiger partial charge in [-0.15, -0.1) is 0 Å². The van der Waals surface area contributed by atoms with Crippen molar-refractivity contribution in [1.82, 2.24) is 0 Å². The number of nitrogens with zero attached hydrogens (tertiary/aromatic N) is 1. The van der Waals surface area contributed by atoms with Crippen molar-refractivity contribution < 1.29 is 24.5 Å². The fourth-order valence-electron chi connectivity index (χ4n) is 1.72. The van der Waals surface area contributed by atoms with Crippen molar-refractivity contribution in [2.45, 2.75) is 0 Å². The molecule has 0 saturated heterocycles. The van der Waals surface area contributed by atoms with Crippen LogP contribution in [-0.2, 0) is 4.79 Å². The van der Waals surface area contributed by atoms with Crippen LogP contribution in [0.2, 0.25) is 0 Å². The van der Waals surface area contributed by atoms with Crippen LogP contribution in [0.25, 0.3) is 0 Å². The molecule has 0 aliphatic carbocycles. The summed E-state index contributed by atoms with van der Waals surface area (Å²) in [5.41, 5.74) is 1.22. The van der Waals surface area contributed by atoms with Crippen LogP contribution in [0.1, 0.15) is 15.9 Å². The summed E-state index contributed by atoms with van der Waals surface area (Å²) < 4.78 is 5.16. The second-order valence-corrected chi connectivity index (χ2v) is 4.33. The van der Waals surface area contributed by atoms with Crippen LogP contribution in [0.4, 0.5) is 5.69 Å². The normalized spacial score (nSPS) is 10.5. The molecule has 0 fully saturated rings. The standard InChI is InChI=1S/C16H13NO5/c18-15(19)10-22-14-7-2-1-4-12(14)9-17-13-6-3-5-11(8-13)16(20)21/h1-9H,10H2,(H,18,19)(H,20,21). The predicted molar refractivity (Wildman–Crippen MR) is 80.2 cm³/mol. The number of hydrogen-bond donors (Lipinski definition) is 2. The number of aliphatic imine (C=N–C) groups is 1. The molecule has 0 unspecified atom stereocenters. The number of hydrogen-bond acceptors (Lipinski definition) is 4. The van der Waals surface area contributed by atoms with Gasteiger partial charge in [-0.3, -0.25) is 4.99 Å². The van der Waals surface area contributed by atoms with E-state index >= 15 is 0 Å². The molecule has 0 aliphatic heterocycles. The first-order chi connectivity index (χ1) is 10.6. The van der Waals surface area contributed by atoms with E-state index in [4.69, 9.17) is 14.9 Å². The highest BCUT2D eigenvalue weighted by Crippen LogP contribution is 2.18. The molecule has 22 heavy (non-hydrogen) atoms. The fraction of sp³-hybridized carbons (Fsp3) is 0.0625. The molecule has 0 aromatic heterocycles. The average molecular weight is 299 g/mol. The zero-order valence-corrected chi connectivity index (χ0v) is 11.5. The lowest BCUT2D eigenvalue weighted by Gasteiger charge is -2.06. The predicted octanol–water partition coefficient (Wildman–Crippen LogP) is 2.60. The maximum absolute atomic E-state index is 10.9. The molecule has 6 nitrogen and oxygen atoms in total. The molecule has 0 atom stereocenters. The van der Waals surface area contributed by atoms with E-state index in [2.05, 4.69) is 4.99 Å². The van der Waals surface area contributed by atoms with E-state index in [1.54, 1.807) is 36.4 Å². The first-order valence-corrected chi connectivity index (χ1v) is 6.37. The van der Waals surface area contributed by atoms with Crippen molar-refractivity contribution in [3.63, 3.8) is 0 Å². The molecule has 112 valence electrons. The molecule has 0 bridgehead atoms. The van der Waals surface area contributed by atoms with Gasteiger partial charge in [0.25, 0.3) is 0 Å². The summed E-state index contributed by atoms with van der Waals surface area (Å²) in [5.74, 6) is -1.70. The lowest BCUT2D eigenvalue weighted by atomic mass is 10.2. The minimum atomic E-state index is -1.07. The molecule has 0 aliphatic rings. The Morgan fingerprint density at radius 2 is 1.86 bits per heavy atom. The van der Waals surface area contributed by atoms with E-state index in [9.17, 15) is 9.59 Å². The molecule has 0 heterocycles. The van der Waals surface area contributed by atoms with Crippen LogP contribution in [0.15, 0.2) is 53.5 Å². The molecule has 2 aromatic rings. The molecule has 2 N–H and O–H groups in total. The maximum Gasteiger partial charge on any atom is 0.341 e. The second-order valence-electron chi connectivity index (χ2n) is 4.33. The van der Waals surface area contributed by atoms with Gasteiger partial charge in [-0.05, 0) is 30.3 Å². The summed E-state index contributed by atoms with van der Waals surface area (Å²) in [6.07, 6.45) is 1.50. The number of benzene rings is 2. The van der Waals surface area contributed by atoms with Gasteiger partial charge < -0.3 is 14.9 Å². The quantitative estimate of drug-likeness (QED) is 0.799. The smallest absolute Gasteiger partial charge is 0.341 e. The molecule has 2 rings (SSSR count). The van der Waals surface area contributed by atoms with Gasteiger partial charge in [0, 0.05) is 11.8 Å². The molecule has 2 aromatic carbocycles. The Morgan fingerprint density at radius 1 is 1.09 bits per heavy atom. The third-order valence-corrected chi connectivity index (χ3v) is 2.72. The van der Waals surface area contributed by atoms with Gasteiger partial charge in [0.15, 0.2) is 6.61 Å². The average Bonchev–Trinajstić information content (AvgIpc) is 2.52. The largest absolute Gasteiger partial charge is 0.481 e. The van der Waals surface area contributed by atoms with E-state index < -0.39 is 18.5 Å². The van der Waals surface area contributed by atoms with Gasteiger partial charge in [-0.2, -0.15) is 0 Å². The van der Waals surface area contributed by atoms with Crippen LogP contribution in [-0.4, -0.2) is 35.0 Å². The SMILES string of the molecule is O=C(O)COc1ccccc1C=Nc1cccc(C(=O)O)c1. The number of carboxylic acids is 2. The minimum absolute atomic E-state index is 0.144. The zero-order chi connectivity index (χ0) is 15.9. The van der Waals surface area contributed by atoms with Crippen molar-refractivity contribution >= 4 is 23.8 Å². The highest BCUT2D eigenvalue weighted by molar-refractivity contribution is 5.90. The highest BCUT2D eigenvalue weighted by atomic mass is 16.5. The number of carbonyl (C=O) groups is 2. The summed E-state index contributed by atoms with van der Waals surface area (Å²) in [6.45, 7) is -0.445. The number of para-hydroxylation sites is 1. The van der Waals surface area contributed by atoms with Crippen molar-refractivity contribution in [1.29, 1.82) is 0 Å². The van der Waals surface area contributed by atoms with E-state index in [0.29, 0.717) is 17.0 Å². The van der Waals surface area contributed by atoms with Crippen molar-refractivity contribution in [3.05, 3.63) is 59.7 Å². The maximum atomic E-state index is 10.9. The van der Waals surface area contributed by atoms with E-state index in [1.807, 2.05) is 0 Å². The number of rotatable bonds is 6. The molecular formula is C16H13NO5. The van der Waals surface area contributed by atoms with Gasteiger partial charge in [-0.1, -0.05) is 18.2 Å². The Morgan fingerprint density at radius 3 is 2.59 bits per heavy atom. The van der Waals surface area contributed by atoms with Crippen LogP contribution in [0.5, 0.6) is 5.75 Å². The van der Waals surface area contributed by atoms with E-state index in [-0.39, 0.29) is 5.56 Å². The molecule has 6 heteroatoms. The molecule has 0 amide bonds. The van der Waals surface area contributed by atoms with Gasteiger partial charge in [0.2, 0.25) is 0 Å². The van der Waals surface area contributed by atoms with Crippen molar-refractivity contribution in [2.24, 2.45) is 4.99 Å².